The van der Waals surface area contributed by atoms with Gasteiger partial charge in [0.2, 0.25) is 0 Å². The first-order valence-electron chi connectivity index (χ1n) is 5.12. The Hall–Kier alpha value is -0.357. The molecule has 0 N–H and O–H groups in total. The SMILES string of the molecule is C=C1[C-]=C(C2C=Cc3ccccc32)C=C1.[Cl-].[Cl-].[Zr+3]. The third-order valence-corrected chi connectivity index (χ3v) is 2.90. The van der Waals surface area contributed by atoms with Gasteiger partial charge in [0.15, 0.2) is 0 Å². The maximum atomic E-state index is 3.89. The van der Waals surface area contributed by atoms with Gasteiger partial charge in [-0.05, 0) is 11.1 Å². The van der Waals surface area contributed by atoms with Crippen LogP contribution in [0.3, 0.4) is 0 Å². The average molecular weight is 353 g/mol. The van der Waals surface area contributed by atoms with Gasteiger partial charge >= 0.3 is 26.2 Å². The topological polar surface area (TPSA) is 0 Å². The van der Waals surface area contributed by atoms with Crippen molar-refractivity contribution in [2.45, 2.75) is 5.92 Å². The van der Waals surface area contributed by atoms with Crippen LogP contribution in [-0.4, -0.2) is 0 Å². The molecule has 0 spiro atoms. The number of rotatable bonds is 1. The second-order valence-electron chi connectivity index (χ2n) is 3.90. The zero-order chi connectivity index (χ0) is 10.3. The van der Waals surface area contributed by atoms with Crippen molar-refractivity contribution in [3.05, 3.63) is 77.4 Å². The molecule has 0 saturated heterocycles. The van der Waals surface area contributed by atoms with Crippen LogP contribution in [0.25, 0.3) is 6.08 Å². The summed E-state index contributed by atoms with van der Waals surface area (Å²) in [6, 6.07) is 8.50. The van der Waals surface area contributed by atoms with Crippen molar-refractivity contribution in [2.24, 2.45) is 0 Å². The number of fused-ring (bicyclic) bond motifs is 1. The summed E-state index contributed by atoms with van der Waals surface area (Å²) in [5, 5.41) is 0. The summed E-state index contributed by atoms with van der Waals surface area (Å²) >= 11 is 0. The Bertz CT molecular complexity index is 527. The molecule has 1 atom stereocenters. The molecule has 0 nitrogen and oxygen atoms in total. The van der Waals surface area contributed by atoms with Gasteiger partial charge in [-0.25, -0.2) is 0 Å². The Morgan fingerprint density at radius 2 is 1.72 bits per heavy atom. The average Bonchev–Trinajstić information content (AvgIpc) is 2.83. The quantitative estimate of drug-likeness (QED) is 0.497. The van der Waals surface area contributed by atoms with Gasteiger partial charge < -0.3 is 24.8 Å². The Morgan fingerprint density at radius 3 is 2.39 bits per heavy atom. The fraction of sp³-hybridized carbons (Fsp3) is 0.0667. The Kier molecular flexibility index (Phi) is 7.14. The molecule has 1 aromatic carbocycles. The fourth-order valence-electron chi connectivity index (χ4n) is 2.16. The van der Waals surface area contributed by atoms with E-state index in [-0.39, 0.29) is 51.0 Å². The number of halogens is 2. The summed E-state index contributed by atoms with van der Waals surface area (Å²) < 4.78 is 0. The molecule has 3 rings (SSSR count). The van der Waals surface area contributed by atoms with E-state index in [9.17, 15) is 0 Å². The molecule has 2 aliphatic rings. The monoisotopic (exact) mass is 351 g/mol. The molecule has 0 heterocycles. The molecule has 0 aliphatic heterocycles. The second kappa shape index (κ2) is 7.29. The van der Waals surface area contributed by atoms with Crippen molar-refractivity contribution < 1.29 is 51.0 Å². The molecule has 1 aromatic rings. The van der Waals surface area contributed by atoms with Gasteiger partial charge in [0.25, 0.3) is 0 Å². The maximum absolute atomic E-state index is 3.89. The molecule has 0 aromatic heterocycles. The zero-order valence-corrected chi connectivity index (χ0v) is 13.6. The van der Waals surface area contributed by atoms with E-state index in [0.717, 1.165) is 5.57 Å². The molecule has 0 bridgehead atoms. The third-order valence-electron chi connectivity index (χ3n) is 2.90. The van der Waals surface area contributed by atoms with Crippen LogP contribution < -0.4 is 24.8 Å². The molecule has 1 unspecified atom stereocenters. The molecule has 3 heteroatoms. The first-order chi connectivity index (χ1) is 7.34. The van der Waals surface area contributed by atoms with Gasteiger partial charge in [-0.3, -0.25) is 0 Å². The molecular weight excluding hydrogens is 342 g/mol. The number of benzene rings is 1. The third kappa shape index (κ3) is 3.15. The van der Waals surface area contributed by atoms with E-state index < -0.39 is 0 Å². The van der Waals surface area contributed by atoms with E-state index in [2.05, 4.69) is 55.1 Å². The Labute approximate surface area is 140 Å². The van der Waals surface area contributed by atoms with Gasteiger partial charge in [-0.2, -0.15) is 24.3 Å². The molecule has 18 heavy (non-hydrogen) atoms. The van der Waals surface area contributed by atoms with Gasteiger partial charge in [0, 0.05) is 5.92 Å². The molecule has 0 amide bonds. The van der Waals surface area contributed by atoms with Crippen LogP contribution in [0.15, 0.2) is 60.2 Å². The predicted octanol–water partition coefficient (Wildman–Crippen LogP) is -2.34. The van der Waals surface area contributed by atoms with Crippen molar-refractivity contribution in [1.29, 1.82) is 0 Å². The van der Waals surface area contributed by atoms with Gasteiger partial charge in [-0.15, -0.1) is 11.6 Å². The van der Waals surface area contributed by atoms with E-state index >= 15 is 0 Å². The van der Waals surface area contributed by atoms with Crippen molar-refractivity contribution in [3.8, 4) is 0 Å². The zero-order valence-electron chi connectivity index (χ0n) is 9.66. The summed E-state index contributed by atoms with van der Waals surface area (Å²) in [6.07, 6.45) is 11.8. The normalized spacial score (nSPS) is 18.3. The molecule has 89 valence electrons. The summed E-state index contributed by atoms with van der Waals surface area (Å²) in [4.78, 5) is 0. The van der Waals surface area contributed by atoms with Gasteiger partial charge in [0.05, 0.1) is 0 Å². The van der Waals surface area contributed by atoms with Crippen LogP contribution in [0, 0.1) is 6.08 Å². The minimum atomic E-state index is 0. The number of hydrogen-bond donors (Lipinski definition) is 0. The van der Waals surface area contributed by atoms with E-state index in [4.69, 9.17) is 0 Å². The fourth-order valence-corrected chi connectivity index (χ4v) is 2.16. The minimum absolute atomic E-state index is 0. The van der Waals surface area contributed by atoms with Crippen LogP contribution in [0.2, 0.25) is 0 Å². The van der Waals surface area contributed by atoms with Crippen molar-refractivity contribution in [3.63, 3.8) is 0 Å². The van der Waals surface area contributed by atoms with Crippen LogP contribution in [0.5, 0.6) is 0 Å². The summed E-state index contributed by atoms with van der Waals surface area (Å²) in [6.45, 7) is 3.89. The minimum Gasteiger partial charge on any atom is -1.00 e. The van der Waals surface area contributed by atoms with E-state index in [1.165, 1.54) is 16.7 Å². The van der Waals surface area contributed by atoms with Gasteiger partial charge in [-0.1, -0.05) is 36.4 Å². The summed E-state index contributed by atoms with van der Waals surface area (Å²) in [7, 11) is 0. The van der Waals surface area contributed by atoms with Gasteiger partial charge in [0.1, 0.15) is 0 Å². The summed E-state index contributed by atoms with van der Waals surface area (Å²) in [5.41, 5.74) is 4.89. The molecule has 1 radical (unpaired) electrons. The van der Waals surface area contributed by atoms with E-state index in [1.807, 2.05) is 6.08 Å². The Morgan fingerprint density at radius 1 is 1.00 bits per heavy atom. The largest absolute Gasteiger partial charge is 3.00 e. The van der Waals surface area contributed by atoms with E-state index in [1.54, 1.807) is 0 Å². The first-order valence-corrected chi connectivity index (χ1v) is 5.12. The van der Waals surface area contributed by atoms with Crippen molar-refractivity contribution >= 4 is 6.08 Å². The van der Waals surface area contributed by atoms with Crippen molar-refractivity contribution in [1.82, 2.24) is 0 Å². The smallest absolute Gasteiger partial charge is 1.00 e. The summed E-state index contributed by atoms with van der Waals surface area (Å²) in [5.74, 6) is 0.372. The number of allylic oxidation sites excluding steroid dienone is 6. The van der Waals surface area contributed by atoms with Crippen molar-refractivity contribution in [2.75, 3.05) is 0 Å². The standard InChI is InChI=1S/C15H11.2ClH.Zr/c1-11-6-7-13(10-11)15-9-8-12-4-2-3-5-14(12)15;;;/h2-9,15H,1H2;2*1H;/q-1;;;+3/p-2. The number of hydrogen-bond acceptors (Lipinski definition) is 0. The van der Waals surface area contributed by atoms with E-state index in [0.29, 0.717) is 5.92 Å². The Balaban J connectivity index is 0.000000963. The van der Waals surface area contributed by atoms with Crippen LogP contribution in [0.1, 0.15) is 17.0 Å². The second-order valence-corrected chi connectivity index (χ2v) is 3.90. The molecule has 2 aliphatic carbocycles. The first kappa shape index (κ1) is 17.6. The van der Waals surface area contributed by atoms with Crippen LogP contribution in [-0.2, 0) is 26.2 Å². The predicted molar refractivity (Wildman–Crippen MR) is 63.3 cm³/mol. The molecule has 0 saturated carbocycles. The molecular formula is C15H11Cl2Zr. The van der Waals surface area contributed by atoms with Crippen LogP contribution in [0.4, 0.5) is 0 Å². The maximum Gasteiger partial charge on any atom is 3.00 e. The van der Waals surface area contributed by atoms with Crippen LogP contribution >= 0.6 is 0 Å². The molecule has 0 fully saturated rings.